The first-order valence-corrected chi connectivity index (χ1v) is 14.1. The summed E-state index contributed by atoms with van der Waals surface area (Å²) in [4.78, 5) is 38.1. The molecule has 1 aliphatic carbocycles. The lowest BCUT2D eigenvalue weighted by Gasteiger charge is -2.15. The highest BCUT2D eigenvalue weighted by atomic mass is 79.9. The Morgan fingerprint density at radius 1 is 1.20 bits per heavy atom. The van der Waals surface area contributed by atoms with E-state index in [4.69, 9.17) is 25.8 Å². The van der Waals surface area contributed by atoms with Crippen molar-refractivity contribution in [3.05, 3.63) is 72.8 Å². The number of amides is 2. The molecular weight excluding hydrogens is 629 g/mol. The first-order valence-electron chi connectivity index (χ1n) is 12.1. The molecule has 1 aromatic heterocycles. The van der Waals surface area contributed by atoms with Crippen molar-refractivity contribution >= 4 is 67.9 Å². The maximum Gasteiger partial charge on any atom is 0.341 e. The Kier molecular flexibility index (Phi) is 9.77. The molecule has 0 saturated heterocycles. The molecule has 0 unspecified atom stereocenters. The smallest absolute Gasteiger partial charge is 0.341 e. The van der Waals surface area contributed by atoms with Crippen LogP contribution in [0.25, 0.3) is 0 Å². The van der Waals surface area contributed by atoms with Crippen molar-refractivity contribution in [2.24, 2.45) is 5.10 Å². The molecule has 4 rings (SSSR count). The average molecular weight is 653 g/mol. The Hall–Kier alpha value is -3.48. The largest absolute Gasteiger partial charge is 0.490 e. The van der Waals surface area contributed by atoms with Crippen molar-refractivity contribution < 1.29 is 33.0 Å². The summed E-state index contributed by atoms with van der Waals surface area (Å²) in [6, 6.07) is 7.62. The van der Waals surface area contributed by atoms with Crippen LogP contribution in [0.4, 0.5) is 9.39 Å². The van der Waals surface area contributed by atoms with Crippen LogP contribution in [0.2, 0.25) is 5.02 Å². The minimum absolute atomic E-state index is 0.131. The lowest BCUT2D eigenvalue weighted by atomic mass is 10.1. The number of methoxy groups -OCH3 is 1. The van der Waals surface area contributed by atoms with Gasteiger partial charge in [0.05, 0.1) is 35.0 Å². The molecular formula is C27H24BrClFN3O6S. The zero-order valence-electron chi connectivity index (χ0n) is 21.4. The predicted molar refractivity (Wildman–Crippen MR) is 153 cm³/mol. The number of ether oxygens (including phenoxy) is 3. The molecule has 0 spiro atoms. The van der Waals surface area contributed by atoms with Crippen LogP contribution in [-0.4, -0.2) is 37.7 Å². The van der Waals surface area contributed by atoms with E-state index >= 15 is 0 Å². The quantitative estimate of drug-likeness (QED) is 0.134. The molecule has 1 heterocycles. The lowest BCUT2D eigenvalue weighted by molar-refractivity contribution is -0.136. The SMILES string of the molecule is CCOc1cc(/C=N/NC(=O)C(=O)Nc2sc3c(c2C(=O)OC)CCC3)cc(Br)c1OCc1c(F)cccc1Cl. The van der Waals surface area contributed by atoms with Gasteiger partial charge < -0.3 is 19.5 Å². The van der Waals surface area contributed by atoms with Crippen molar-refractivity contribution in [2.45, 2.75) is 32.8 Å². The van der Waals surface area contributed by atoms with Crippen molar-refractivity contribution in [3.8, 4) is 11.5 Å². The summed E-state index contributed by atoms with van der Waals surface area (Å²) >= 11 is 10.8. The second-order valence-corrected chi connectivity index (χ2v) is 10.8. The minimum Gasteiger partial charge on any atom is -0.490 e. The van der Waals surface area contributed by atoms with Crippen molar-refractivity contribution in [1.29, 1.82) is 0 Å². The first-order chi connectivity index (χ1) is 19.2. The van der Waals surface area contributed by atoms with E-state index in [0.29, 0.717) is 34.6 Å². The number of halogens is 3. The Labute approximate surface area is 246 Å². The van der Waals surface area contributed by atoms with Crippen LogP contribution in [0.5, 0.6) is 11.5 Å². The third kappa shape index (κ3) is 6.62. The topological polar surface area (TPSA) is 115 Å². The minimum atomic E-state index is -1.02. The van der Waals surface area contributed by atoms with Gasteiger partial charge in [-0.1, -0.05) is 17.7 Å². The lowest BCUT2D eigenvalue weighted by Crippen LogP contribution is -2.32. The number of nitrogens with zero attached hydrogens (tertiary/aromatic N) is 1. The maximum atomic E-state index is 14.2. The Bertz CT molecular complexity index is 1480. The van der Waals surface area contributed by atoms with E-state index in [1.807, 2.05) is 0 Å². The molecule has 210 valence electrons. The van der Waals surface area contributed by atoms with Crippen LogP contribution in [0, 0.1) is 5.82 Å². The summed E-state index contributed by atoms with van der Waals surface area (Å²) in [6.07, 6.45) is 3.75. The standard InChI is InChI=1S/C27H24BrClFN3O6S/c1-3-38-20-11-14(10-17(28)23(20)39-13-16-18(29)7-5-8-19(16)30)12-31-33-25(35)24(34)32-26-22(27(36)37-2)15-6-4-9-21(15)40-26/h5,7-8,10-12H,3-4,6,9,13H2,1-2H3,(H,32,34)(H,33,35)/b31-12+. The Morgan fingerprint density at radius 3 is 2.73 bits per heavy atom. The van der Waals surface area contributed by atoms with Crippen LogP contribution in [0.3, 0.4) is 0 Å². The highest BCUT2D eigenvalue weighted by Crippen LogP contribution is 2.40. The molecule has 40 heavy (non-hydrogen) atoms. The van der Waals surface area contributed by atoms with Gasteiger partial charge in [0, 0.05) is 10.4 Å². The zero-order valence-corrected chi connectivity index (χ0v) is 24.6. The van der Waals surface area contributed by atoms with Gasteiger partial charge >= 0.3 is 17.8 Å². The van der Waals surface area contributed by atoms with E-state index in [2.05, 4.69) is 31.8 Å². The van der Waals surface area contributed by atoms with Crippen LogP contribution in [0.1, 0.15) is 45.3 Å². The number of hydrazone groups is 1. The number of aryl methyl sites for hydroxylation is 1. The van der Waals surface area contributed by atoms with E-state index in [0.717, 1.165) is 23.3 Å². The maximum absolute atomic E-state index is 14.2. The van der Waals surface area contributed by atoms with Crippen LogP contribution in [0.15, 0.2) is 39.9 Å². The fraction of sp³-hybridized carbons (Fsp3) is 0.259. The highest BCUT2D eigenvalue weighted by Gasteiger charge is 2.29. The molecule has 13 heteroatoms. The Balaban J connectivity index is 1.43. The van der Waals surface area contributed by atoms with Gasteiger partial charge in [0.15, 0.2) is 11.5 Å². The van der Waals surface area contributed by atoms with Gasteiger partial charge in [-0.3, -0.25) is 9.59 Å². The number of hydrogen-bond donors (Lipinski definition) is 2. The fourth-order valence-corrected chi connectivity index (χ4v) is 6.13. The molecule has 0 bridgehead atoms. The average Bonchev–Trinajstić information content (AvgIpc) is 3.50. The molecule has 0 fully saturated rings. The number of carbonyl (C=O) groups is 3. The van der Waals surface area contributed by atoms with Gasteiger partial charge in [-0.2, -0.15) is 5.10 Å². The molecule has 1 aliphatic rings. The molecule has 2 amide bonds. The van der Waals surface area contributed by atoms with Crippen molar-refractivity contribution in [3.63, 3.8) is 0 Å². The fourth-order valence-electron chi connectivity index (χ4n) is 4.07. The van der Waals surface area contributed by atoms with Gasteiger partial charge in [0.25, 0.3) is 0 Å². The molecule has 0 atom stereocenters. The Morgan fingerprint density at radius 2 is 2.00 bits per heavy atom. The van der Waals surface area contributed by atoms with Crippen LogP contribution < -0.4 is 20.2 Å². The summed E-state index contributed by atoms with van der Waals surface area (Å²) < 4.78 is 31.0. The number of fused-ring (bicyclic) bond motifs is 1. The molecule has 0 saturated carbocycles. The van der Waals surface area contributed by atoms with Crippen LogP contribution in [-0.2, 0) is 33.8 Å². The number of rotatable bonds is 9. The van der Waals surface area contributed by atoms with E-state index in [1.165, 1.54) is 36.8 Å². The molecule has 2 aromatic carbocycles. The monoisotopic (exact) mass is 651 g/mol. The second kappa shape index (κ2) is 13.2. The normalized spacial score (nSPS) is 12.2. The van der Waals surface area contributed by atoms with E-state index in [1.54, 1.807) is 25.1 Å². The summed E-state index contributed by atoms with van der Waals surface area (Å²) in [5.74, 6) is -2.38. The number of nitrogens with one attached hydrogen (secondary N) is 2. The summed E-state index contributed by atoms with van der Waals surface area (Å²) in [5, 5.41) is 6.87. The van der Waals surface area contributed by atoms with Crippen molar-refractivity contribution in [1.82, 2.24) is 5.43 Å². The number of benzene rings is 2. The zero-order chi connectivity index (χ0) is 28.8. The number of thiophene rings is 1. The number of hydrogen-bond acceptors (Lipinski definition) is 8. The second-order valence-electron chi connectivity index (χ2n) is 8.46. The van der Waals surface area contributed by atoms with Crippen molar-refractivity contribution in [2.75, 3.05) is 19.0 Å². The third-order valence-electron chi connectivity index (χ3n) is 5.88. The summed E-state index contributed by atoms with van der Waals surface area (Å²) in [5.41, 5.74) is 4.03. The summed E-state index contributed by atoms with van der Waals surface area (Å²) in [6.45, 7) is 1.98. The first kappa shape index (κ1) is 29.5. The molecule has 3 aromatic rings. The van der Waals surface area contributed by atoms with Gasteiger partial charge in [-0.25, -0.2) is 14.6 Å². The van der Waals surface area contributed by atoms with Crippen LogP contribution >= 0.6 is 38.9 Å². The van der Waals surface area contributed by atoms with Gasteiger partial charge in [0.1, 0.15) is 17.4 Å². The van der Waals surface area contributed by atoms with Gasteiger partial charge in [0.2, 0.25) is 0 Å². The summed E-state index contributed by atoms with van der Waals surface area (Å²) in [7, 11) is 1.26. The van der Waals surface area contributed by atoms with Gasteiger partial charge in [-0.15, -0.1) is 11.3 Å². The predicted octanol–water partition coefficient (Wildman–Crippen LogP) is 5.64. The number of anilines is 1. The molecule has 0 aliphatic heterocycles. The molecule has 0 radical (unpaired) electrons. The van der Waals surface area contributed by atoms with E-state index in [-0.39, 0.29) is 27.8 Å². The number of esters is 1. The van der Waals surface area contributed by atoms with Gasteiger partial charge in [-0.05, 0) is 77.5 Å². The molecule has 2 N–H and O–H groups in total. The van der Waals surface area contributed by atoms with E-state index < -0.39 is 23.6 Å². The highest BCUT2D eigenvalue weighted by molar-refractivity contribution is 9.10. The third-order valence-corrected chi connectivity index (χ3v) is 8.03. The molecule has 9 nitrogen and oxygen atoms in total. The number of carbonyl (C=O) groups excluding carboxylic acids is 3. The van der Waals surface area contributed by atoms with E-state index in [9.17, 15) is 18.8 Å².